The van der Waals surface area contributed by atoms with Gasteiger partial charge in [0.2, 0.25) is 0 Å². The lowest BCUT2D eigenvalue weighted by Crippen LogP contribution is -2.36. The van der Waals surface area contributed by atoms with E-state index in [-0.39, 0.29) is 5.91 Å². The monoisotopic (exact) mass is 208 g/mol. The molecule has 1 amide bonds. The molecule has 1 heterocycles. The summed E-state index contributed by atoms with van der Waals surface area (Å²) in [5.74, 6) is 0.556. The number of nitrogens with zero attached hydrogens (tertiary/aromatic N) is 2. The Balaban J connectivity index is 2.93. The molecule has 0 radical (unpaired) electrons. The summed E-state index contributed by atoms with van der Waals surface area (Å²) < 4.78 is 0. The van der Waals surface area contributed by atoms with Crippen LogP contribution >= 0.6 is 0 Å². The fraction of sp³-hybridized carbons (Fsp3) is 0.400. The molecule has 1 aromatic heterocycles. The van der Waals surface area contributed by atoms with Crippen LogP contribution in [0.3, 0.4) is 0 Å². The zero-order valence-electron chi connectivity index (χ0n) is 9.46. The fourth-order valence-corrected chi connectivity index (χ4v) is 1.20. The molecule has 15 heavy (non-hydrogen) atoms. The first-order valence-corrected chi connectivity index (χ1v) is 4.67. The van der Waals surface area contributed by atoms with E-state index in [4.69, 9.17) is 0 Å². The molecule has 2 N–H and O–H groups in total. The number of rotatable bonds is 3. The van der Waals surface area contributed by atoms with Gasteiger partial charge in [0, 0.05) is 32.4 Å². The van der Waals surface area contributed by atoms with Crippen LogP contribution in [0.25, 0.3) is 0 Å². The standard InChI is InChI=1S/C10H16N4O/c1-7-5-8(6-9(11-2)12-7)10(15)13-14(3)4/h5-6H,1-4H3,(H,11,12)(H,13,15). The molecular formula is C10H16N4O. The van der Waals surface area contributed by atoms with Crippen LogP contribution in [-0.4, -0.2) is 37.0 Å². The first-order valence-electron chi connectivity index (χ1n) is 4.67. The lowest BCUT2D eigenvalue weighted by molar-refractivity contribution is 0.0856. The molecule has 0 bridgehead atoms. The Kier molecular flexibility index (Phi) is 3.62. The molecule has 1 rings (SSSR count). The molecule has 0 fully saturated rings. The van der Waals surface area contributed by atoms with Gasteiger partial charge in [-0.25, -0.2) is 9.99 Å². The topological polar surface area (TPSA) is 57.3 Å². The van der Waals surface area contributed by atoms with Crippen molar-refractivity contribution >= 4 is 11.7 Å². The van der Waals surface area contributed by atoms with Crippen LogP contribution < -0.4 is 10.7 Å². The maximum atomic E-state index is 11.7. The number of carbonyl (C=O) groups is 1. The fourth-order valence-electron chi connectivity index (χ4n) is 1.20. The van der Waals surface area contributed by atoms with Gasteiger partial charge in [-0.05, 0) is 19.1 Å². The van der Waals surface area contributed by atoms with E-state index in [1.807, 2.05) is 6.92 Å². The second-order valence-corrected chi connectivity index (χ2v) is 3.47. The van der Waals surface area contributed by atoms with Gasteiger partial charge in [-0.3, -0.25) is 10.2 Å². The number of aromatic nitrogens is 1. The van der Waals surface area contributed by atoms with Gasteiger partial charge in [-0.15, -0.1) is 0 Å². The van der Waals surface area contributed by atoms with Crippen LogP contribution in [0.2, 0.25) is 0 Å². The average Bonchev–Trinajstić information content (AvgIpc) is 2.15. The summed E-state index contributed by atoms with van der Waals surface area (Å²) in [4.78, 5) is 15.9. The molecule has 1 aromatic rings. The molecule has 0 unspecified atom stereocenters. The molecule has 82 valence electrons. The van der Waals surface area contributed by atoms with Crippen LogP contribution in [0.15, 0.2) is 12.1 Å². The third-order valence-electron chi connectivity index (χ3n) is 1.80. The molecule has 0 aliphatic heterocycles. The van der Waals surface area contributed by atoms with Crippen LogP contribution in [0, 0.1) is 6.92 Å². The summed E-state index contributed by atoms with van der Waals surface area (Å²) in [6.45, 7) is 1.85. The van der Waals surface area contributed by atoms with E-state index in [0.717, 1.165) is 5.69 Å². The summed E-state index contributed by atoms with van der Waals surface area (Å²) in [7, 11) is 5.31. The highest BCUT2D eigenvalue weighted by molar-refractivity contribution is 5.94. The molecule has 0 saturated carbocycles. The highest BCUT2D eigenvalue weighted by Gasteiger charge is 2.08. The van der Waals surface area contributed by atoms with Crippen molar-refractivity contribution in [3.05, 3.63) is 23.4 Å². The molecule has 0 aliphatic carbocycles. The molecule has 5 heteroatoms. The smallest absolute Gasteiger partial charge is 0.265 e. The Bertz CT molecular complexity index is 362. The molecule has 0 atom stereocenters. The first kappa shape index (κ1) is 11.5. The summed E-state index contributed by atoms with van der Waals surface area (Å²) in [6.07, 6.45) is 0. The van der Waals surface area contributed by atoms with Crippen LogP contribution in [0.5, 0.6) is 0 Å². The second kappa shape index (κ2) is 4.75. The minimum Gasteiger partial charge on any atom is -0.373 e. The zero-order chi connectivity index (χ0) is 11.4. The van der Waals surface area contributed by atoms with E-state index < -0.39 is 0 Å². The largest absolute Gasteiger partial charge is 0.373 e. The Labute approximate surface area is 89.5 Å². The van der Waals surface area contributed by atoms with Crippen molar-refractivity contribution in [2.75, 3.05) is 26.5 Å². The minimum absolute atomic E-state index is 0.137. The van der Waals surface area contributed by atoms with E-state index in [1.54, 1.807) is 38.3 Å². The van der Waals surface area contributed by atoms with E-state index in [1.165, 1.54) is 0 Å². The minimum atomic E-state index is -0.137. The molecular weight excluding hydrogens is 192 g/mol. The van der Waals surface area contributed by atoms with Crippen molar-refractivity contribution in [3.8, 4) is 0 Å². The number of pyridine rings is 1. The Morgan fingerprint density at radius 1 is 1.40 bits per heavy atom. The maximum Gasteiger partial charge on any atom is 0.265 e. The molecule has 5 nitrogen and oxygen atoms in total. The van der Waals surface area contributed by atoms with Gasteiger partial charge in [0.25, 0.3) is 5.91 Å². The van der Waals surface area contributed by atoms with Gasteiger partial charge in [0.05, 0.1) is 0 Å². The van der Waals surface area contributed by atoms with E-state index >= 15 is 0 Å². The third kappa shape index (κ3) is 3.21. The second-order valence-electron chi connectivity index (χ2n) is 3.47. The average molecular weight is 208 g/mol. The third-order valence-corrected chi connectivity index (χ3v) is 1.80. The van der Waals surface area contributed by atoms with Gasteiger partial charge in [-0.2, -0.15) is 0 Å². The number of hydrogen-bond acceptors (Lipinski definition) is 4. The molecule has 0 spiro atoms. The van der Waals surface area contributed by atoms with Crippen LogP contribution in [-0.2, 0) is 0 Å². The number of hydrogen-bond donors (Lipinski definition) is 2. The summed E-state index contributed by atoms with van der Waals surface area (Å²) in [5.41, 5.74) is 4.09. The highest BCUT2D eigenvalue weighted by Crippen LogP contribution is 2.09. The summed E-state index contributed by atoms with van der Waals surface area (Å²) in [6, 6.07) is 3.46. The number of anilines is 1. The zero-order valence-corrected chi connectivity index (χ0v) is 9.46. The van der Waals surface area contributed by atoms with Gasteiger partial charge in [0.1, 0.15) is 5.82 Å². The quantitative estimate of drug-likeness (QED) is 0.716. The van der Waals surface area contributed by atoms with Gasteiger partial charge in [0.15, 0.2) is 0 Å². The van der Waals surface area contributed by atoms with Crippen molar-refractivity contribution in [3.63, 3.8) is 0 Å². The Morgan fingerprint density at radius 2 is 2.07 bits per heavy atom. The summed E-state index contributed by atoms with van der Waals surface area (Å²) in [5, 5.41) is 4.52. The lowest BCUT2D eigenvalue weighted by Gasteiger charge is -2.12. The normalized spacial score (nSPS) is 10.2. The predicted octanol–water partition coefficient (Wildman–Crippen LogP) is 0.638. The Hall–Kier alpha value is -1.62. The van der Waals surface area contributed by atoms with Gasteiger partial charge < -0.3 is 5.32 Å². The van der Waals surface area contributed by atoms with Crippen molar-refractivity contribution in [1.29, 1.82) is 0 Å². The molecule has 0 saturated heterocycles. The number of nitrogens with one attached hydrogen (secondary N) is 2. The van der Waals surface area contributed by atoms with Crippen molar-refractivity contribution in [2.24, 2.45) is 0 Å². The number of hydrazine groups is 1. The van der Waals surface area contributed by atoms with E-state index in [2.05, 4.69) is 15.7 Å². The molecule has 0 aliphatic rings. The molecule has 0 aromatic carbocycles. The van der Waals surface area contributed by atoms with Crippen LogP contribution in [0.1, 0.15) is 16.1 Å². The van der Waals surface area contributed by atoms with Gasteiger partial charge in [-0.1, -0.05) is 0 Å². The van der Waals surface area contributed by atoms with Crippen molar-refractivity contribution in [1.82, 2.24) is 15.4 Å². The van der Waals surface area contributed by atoms with Crippen molar-refractivity contribution in [2.45, 2.75) is 6.92 Å². The number of aryl methyl sites for hydroxylation is 1. The highest BCUT2D eigenvalue weighted by atomic mass is 16.2. The SMILES string of the molecule is CNc1cc(C(=O)NN(C)C)cc(C)n1. The predicted molar refractivity (Wildman–Crippen MR) is 59.7 cm³/mol. The number of carbonyl (C=O) groups excluding carboxylic acids is 1. The van der Waals surface area contributed by atoms with E-state index in [9.17, 15) is 4.79 Å². The first-order chi connectivity index (χ1) is 7.02. The lowest BCUT2D eigenvalue weighted by atomic mass is 10.2. The van der Waals surface area contributed by atoms with Gasteiger partial charge >= 0.3 is 0 Å². The van der Waals surface area contributed by atoms with Crippen molar-refractivity contribution < 1.29 is 4.79 Å². The van der Waals surface area contributed by atoms with Crippen LogP contribution in [0.4, 0.5) is 5.82 Å². The Morgan fingerprint density at radius 3 is 2.60 bits per heavy atom. The number of amides is 1. The maximum absolute atomic E-state index is 11.7. The summed E-state index contributed by atoms with van der Waals surface area (Å²) >= 11 is 0. The van der Waals surface area contributed by atoms with E-state index in [0.29, 0.717) is 11.4 Å².